The first-order chi connectivity index (χ1) is 7.15. The molecule has 82 valence electrons. The molecule has 15 heavy (non-hydrogen) atoms. The second-order valence-corrected chi connectivity index (χ2v) is 2.81. The zero-order valence-electron chi connectivity index (χ0n) is 8.16. The average molecular weight is 276 g/mol. The van der Waals surface area contributed by atoms with Gasteiger partial charge in [-0.25, -0.2) is 4.79 Å². The van der Waals surface area contributed by atoms with E-state index in [9.17, 15) is 9.59 Å². The molecule has 0 amide bonds. The highest BCUT2D eigenvalue weighted by atomic mass is 79.9. The van der Waals surface area contributed by atoms with Crippen LogP contribution >= 0.6 is 15.9 Å². The van der Waals surface area contributed by atoms with Gasteiger partial charge in [-0.05, 0) is 11.9 Å². The van der Waals surface area contributed by atoms with Crippen molar-refractivity contribution in [1.29, 1.82) is 5.26 Å². The molecule has 5 nitrogen and oxygen atoms in total. The lowest BCUT2D eigenvalue weighted by Crippen LogP contribution is -2.14. The highest BCUT2D eigenvalue weighted by molar-refractivity contribution is 9.11. The number of nitriles is 1. The van der Waals surface area contributed by atoms with E-state index in [1.807, 2.05) is 0 Å². The molecule has 0 aromatic rings. The Balaban J connectivity index is 4.09. The highest BCUT2D eigenvalue weighted by Crippen LogP contribution is 2.03. The molecule has 0 aliphatic rings. The lowest BCUT2D eigenvalue weighted by Gasteiger charge is -2.05. The molecule has 6 heteroatoms. The van der Waals surface area contributed by atoms with Crippen LogP contribution in [0, 0.1) is 11.3 Å². The van der Waals surface area contributed by atoms with Crippen LogP contribution in [0.25, 0.3) is 0 Å². The Bertz CT molecular complexity index is 306. The molecule has 0 aliphatic carbocycles. The van der Waals surface area contributed by atoms with Crippen LogP contribution in [0.15, 0.2) is 10.6 Å². The molecule has 0 atom stereocenters. The van der Waals surface area contributed by atoms with Gasteiger partial charge in [-0.1, -0.05) is 15.9 Å². The third kappa shape index (κ3) is 5.86. The molecule has 0 N–H and O–H groups in total. The van der Waals surface area contributed by atoms with E-state index >= 15 is 0 Å². The summed E-state index contributed by atoms with van der Waals surface area (Å²) < 4.78 is 9.34. The Kier molecular flexibility index (Phi) is 7.28. The first-order valence-corrected chi connectivity index (χ1v) is 5.06. The van der Waals surface area contributed by atoms with Gasteiger partial charge in [0.1, 0.15) is 13.0 Å². The topological polar surface area (TPSA) is 76.4 Å². The summed E-state index contributed by atoms with van der Waals surface area (Å²) in [5.74, 6) is -1.23. The fraction of sp³-hybridized carbons (Fsp3) is 0.444. The normalized spacial score (nSPS) is 10.3. The fourth-order valence-electron chi connectivity index (χ4n) is 0.633. The molecule has 0 aliphatic heterocycles. The molecule has 0 radical (unpaired) electrons. The van der Waals surface area contributed by atoms with Crippen molar-refractivity contribution in [1.82, 2.24) is 0 Å². The van der Waals surface area contributed by atoms with E-state index in [1.54, 1.807) is 13.0 Å². The van der Waals surface area contributed by atoms with Gasteiger partial charge in [-0.15, -0.1) is 0 Å². The maximum absolute atomic E-state index is 11.2. The Labute approximate surface area is 95.8 Å². The third-order valence-electron chi connectivity index (χ3n) is 1.28. The van der Waals surface area contributed by atoms with E-state index in [2.05, 4.69) is 20.7 Å². The monoisotopic (exact) mass is 275 g/mol. The molecule has 0 aromatic heterocycles. The Morgan fingerprint density at radius 1 is 1.47 bits per heavy atom. The van der Waals surface area contributed by atoms with Gasteiger partial charge in [0.15, 0.2) is 0 Å². The molecule has 0 spiro atoms. The summed E-state index contributed by atoms with van der Waals surface area (Å²) in [6.45, 7) is 1.71. The number of esters is 2. The van der Waals surface area contributed by atoms with Crippen molar-refractivity contribution in [2.24, 2.45) is 0 Å². The van der Waals surface area contributed by atoms with Crippen molar-refractivity contribution in [2.75, 3.05) is 13.2 Å². The quantitative estimate of drug-likeness (QED) is 0.558. The summed E-state index contributed by atoms with van der Waals surface area (Å²) in [5.41, 5.74) is 0.183. The second-order valence-electron chi connectivity index (χ2n) is 2.35. The van der Waals surface area contributed by atoms with Crippen LogP contribution in [0.4, 0.5) is 0 Å². The van der Waals surface area contributed by atoms with Crippen LogP contribution in [0.1, 0.15) is 13.3 Å². The SMILES string of the molecule is CCOC(=O)/C(=C\Br)COC(=O)CC#N. The minimum Gasteiger partial charge on any atom is -0.463 e. The fourth-order valence-corrected chi connectivity index (χ4v) is 0.952. The number of carbonyl (C=O) groups excluding carboxylic acids is 2. The Hall–Kier alpha value is -1.35. The van der Waals surface area contributed by atoms with E-state index in [1.165, 1.54) is 4.99 Å². The predicted octanol–water partition coefficient (Wildman–Crippen LogP) is 1.29. The van der Waals surface area contributed by atoms with E-state index < -0.39 is 11.9 Å². The van der Waals surface area contributed by atoms with Gasteiger partial charge < -0.3 is 9.47 Å². The number of ether oxygens (including phenoxy) is 2. The van der Waals surface area contributed by atoms with Gasteiger partial charge in [0.2, 0.25) is 0 Å². The number of rotatable bonds is 5. The molecule has 0 rings (SSSR count). The standard InChI is InChI=1S/C9H10BrNO4/c1-2-14-9(13)7(5-10)6-15-8(12)3-4-11/h5H,2-3,6H2,1H3/b7-5-. The number of carbonyl (C=O) groups is 2. The summed E-state index contributed by atoms with van der Waals surface area (Å²) in [6.07, 6.45) is -0.335. The minimum atomic E-state index is -0.673. The summed E-state index contributed by atoms with van der Waals surface area (Å²) in [5, 5.41) is 8.19. The molecule has 0 saturated carbocycles. The van der Waals surface area contributed by atoms with Crippen LogP contribution in [-0.2, 0) is 19.1 Å². The Morgan fingerprint density at radius 2 is 2.13 bits per heavy atom. The molecule has 0 unspecified atom stereocenters. The number of hydrogen-bond donors (Lipinski definition) is 0. The van der Waals surface area contributed by atoms with Crippen molar-refractivity contribution >= 4 is 27.9 Å². The van der Waals surface area contributed by atoms with Gasteiger partial charge in [0.05, 0.1) is 18.2 Å². The van der Waals surface area contributed by atoms with Crippen molar-refractivity contribution in [3.8, 4) is 6.07 Å². The van der Waals surface area contributed by atoms with Crippen molar-refractivity contribution in [3.63, 3.8) is 0 Å². The van der Waals surface area contributed by atoms with Gasteiger partial charge in [-0.2, -0.15) is 5.26 Å². The van der Waals surface area contributed by atoms with E-state index in [0.29, 0.717) is 0 Å². The second kappa shape index (κ2) is 8.00. The van der Waals surface area contributed by atoms with Crippen molar-refractivity contribution < 1.29 is 19.1 Å². The minimum absolute atomic E-state index is 0.183. The van der Waals surface area contributed by atoms with Crippen molar-refractivity contribution in [2.45, 2.75) is 13.3 Å². The molecule has 0 heterocycles. The largest absolute Gasteiger partial charge is 0.463 e. The molecular weight excluding hydrogens is 266 g/mol. The van der Waals surface area contributed by atoms with E-state index in [-0.39, 0.29) is 25.2 Å². The molecular formula is C9H10BrNO4. The number of halogens is 1. The van der Waals surface area contributed by atoms with Gasteiger partial charge in [0.25, 0.3) is 0 Å². The lowest BCUT2D eigenvalue weighted by atomic mass is 10.3. The first-order valence-electron chi connectivity index (χ1n) is 4.14. The number of hydrogen-bond acceptors (Lipinski definition) is 5. The van der Waals surface area contributed by atoms with E-state index in [4.69, 9.17) is 10.00 Å². The zero-order chi connectivity index (χ0) is 11.7. The molecule has 0 saturated heterocycles. The summed E-state index contributed by atoms with van der Waals surface area (Å²) >= 11 is 2.96. The summed E-state index contributed by atoms with van der Waals surface area (Å²) in [6, 6.07) is 1.64. The summed E-state index contributed by atoms with van der Waals surface area (Å²) in [4.78, 5) is 23.3. The van der Waals surface area contributed by atoms with Crippen LogP contribution in [0.5, 0.6) is 0 Å². The lowest BCUT2D eigenvalue weighted by molar-refractivity contribution is -0.143. The molecule has 0 fully saturated rings. The smallest absolute Gasteiger partial charge is 0.338 e. The van der Waals surface area contributed by atoms with Crippen molar-refractivity contribution in [3.05, 3.63) is 10.6 Å². The van der Waals surface area contributed by atoms with Crippen LogP contribution in [0.3, 0.4) is 0 Å². The van der Waals surface area contributed by atoms with E-state index in [0.717, 1.165) is 0 Å². The van der Waals surface area contributed by atoms with Gasteiger partial charge in [0, 0.05) is 0 Å². The van der Waals surface area contributed by atoms with Gasteiger partial charge >= 0.3 is 11.9 Å². The highest BCUT2D eigenvalue weighted by Gasteiger charge is 2.12. The molecule has 0 aromatic carbocycles. The van der Waals surface area contributed by atoms with Crippen LogP contribution in [-0.4, -0.2) is 25.2 Å². The van der Waals surface area contributed by atoms with Crippen LogP contribution in [0.2, 0.25) is 0 Å². The maximum atomic E-state index is 11.2. The Morgan fingerprint density at radius 3 is 2.60 bits per heavy atom. The average Bonchev–Trinajstić information content (AvgIpc) is 2.19. The zero-order valence-corrected chi connectivity index (χ0v) is 9.74. The molecule has 0 bridgehead atoms. The predicted molar refractivity (Wildman–Crippen MR) is 54.8 cm³/mol. The summed E-state index contributed by atoms with van der Waals surface area (Å²) in [7, 11) is 0. The van der Waals surface area contributed by atoms with Crippen LogP contribution < -0.4 is 0 Å². The maximum Gasteiger partial charge on any atom is 0.338 e. The number of nitrogens with zero attached hydrogens (tertiary/aromatic N) is 1. The van der Waals surface area contributed by atoms with Gasteiger partial charge in [-0.3, -0.25) is 4.79 Å². The first kappa shape index (κ1) is 13.7. The third-order valence-corrected chi connectivity index (χ3v) is 1.83.